The second-order valence-corrected chi connectivity index (χ2v) is 2.61. The highest BCUT2D eigenvalue weighted by Gasteiger charge is 2.45. The normalized spacial score (nSPS) is 46.6. The van der Waals surface area contributed by atoms with Gasteiger partial charge in [-0.2, -0.15) is 0 Å². The highest BCUT2D eigenvalue weighted by Crippen LogP contribution is 2.46. The Kier molecular flexibility index (Phi) is 0.473. The van der Waals surface area contributed by atoms with Gasteiger partial charge in [0.05, 0.1) is 0 Å². The SMILES string of the molecule is O=C1CC2CCC12. The molecule has 0 aromatic heterocycles. The zero-order valence-corrected chi connectivity index (χ0v) is 4.18. The van der Waals surface area contributed by atoms with E-state index in [1.54, 1.807) is 0 Å². The molecule has 0 aromatic rings. The van der Waals surface area contributed by atoms with Crippen molar-refractivity contribution in [1.29, 1.82) is 0 Å². The van der Waals surface area contributed by atoms with E-state index in [1.807, 2.05) is 0 Å². The summed E-state index contributed by atoms with van der Waals surface area (Å²) < 4.78 is 0. The second-order valence-electron chi connectivity index (χ2n) is 2.61. The minimum atomic E-state index is 0.524. The molecule has 0 saturated heterocycles. The molecule has 0 N–H and O–H groups in total. The van der Waals surface area contributed by atoms with E-state index >= 15 is 0 Å². The quantitative estimate of drug-likeness (QED) is 0.439. The van der Waals surface area contributed by atoms with E-state index in [0.717, 1.165) is 12.3 Å². The molecule has 2 rings (SSSR count). The lowest BCUT2D eigenvalue weighted by molar-refractivity contribution is -0.141. The Labute approximate surface area is 42.7 Å². The van der Waals surface area contributed by atoms with Gasteiger partial charge in [0.15, 0.2) is 0 Å². The van der Waals surface area contributed by atoms with Crippen molar-refractivity contribution < 1.29 is 4.79 Å². The Balaban J connectivity index is 2.11. The van der Waals surface area contributed by atoms with Gasteiger partial charge in [0, 0.05) is 12.3 Å². The molecular formula is C6H8O. The highest BCUT2D eigenvalue weighted by atomic mass is 16.1. The van der Waals surface area contributed by atoms with E-state index in [9.17, 15) is 4.79 Å². The summed E-state index contributed by atoms with van der Waals surface area (Å²) in [4.78, 5) is 10.5. The number of Topliss-reactive ketones (excluding diaryl/α,β-unsaturated/α-hetero) is 1. The van der Waals surface area contributed by atoms with Crippen LogP contribution in [0.4, 0.5) is 0 Å². The molecule has 0 amide bonds. The van der Waals surface area contributed by atoms with Gasteiger partial charge in [0.1, 0.15) is 5.78 Å². The highest BCUT2D eigenvalue weighted by molar-refractivity contribution is 5.88. The van der Waals surface area contributed by atoms with Crippen molar-refractivity contribution in [2.24, 2.45) is 11.8 Å². The number of carbonyl (C=O) groups is 1. The first-order valence-corrected chi connectivity index (χ1v) is 2.90. The summed E-state index contributed by atoms with van der Waals surface area (Å²) in [5.41, 5.74) is 0. The number of carbonyl (C=O) groups excluding carboxylic acids is 1. The molecule has 2 fully saturated rings. The standard InChI is InChI=1S/C6H8O/c7-6-3-4-1-2-5(4)6/h4-5H,1-3H2. The van der Waals surface area contributed by atoms with E-state index in [4.69, 9.17) is 0 Å². The number of ketones is 1. The van der Waals surface area contributed by atoms with Gasteiger partial charge in [-0.1, -0.05) is 0 Å². The largest absolute Gasteiger partial charge is 0.299 e. The van der Waals surface area contributed by atoms with Gasteiger partial charge in [0.25, 0.3) is 0 Å². The van der Waals surface area contributed by atoms with Crippen molar-refractivity contribution in [2.45, 2.75) is 19.3 Å². The van der Waals surface area contributed by atoms with Crippen LogP contribution in [0.15, 0.2) is 0 Å². The Morgan fingerprint density at radius 3 is 2.29 bits per heavy atom. The molecule has 0 radical (unpaired) electrons. The Morgan fingerprint density at radius 1 is 1.43 bits per heavy atom. The molecule has 1 heteroatoms. The smallest absolute Gasteiger partial charge is 0.136 e. The van der Waals surface area contributed by atoms with Gasteiger partial charge < -0.3 is 0 Å². The molecule has 0 bridgehead atoms. The van der Waals surface area contributed by atoms with Crippen molar-refractivity contribution in [3.05, 3.63) is 0 Å². The van der Waals surface area contributed by atoms with Crippen molar-refractivity contribution in [3.8, 4) is 0 Å². The molecule has 2 aliphatic carbocycles. The lowest BCUT2D eigenvalue weighted by Crippen LogP contribution is -2.44. The van der Waals surface area contributed by atoms with Crippen molar-refractivity contribution >= 4 is 5.78 Å². The third-order valence-electron chi connectivity index (χ3n) is 2.29. The Hall–Kier alpha value is -0.330. The Morgan fingerprint density at radius 2 is 2.29 bits per heavy atom. The van der Waals surface area contributed by atoms with Crippen LogP contribution in [0.5, 0.6) is 0 Å². The monoisotopic (exact) mass is 96.1 g/mol. The fourth-order valence-electron chi connectivity index (χ4n) is 1.49. The predicted octanol–water partition coefficient (Wildman–Crippen LogP) is 0.985. The molecule has 0 spiro atoms. The van der Waals surface area contributed by atoms with Gasteiger partial charge in [-0.25, -0.2) is 0 Å². The zero-order chi connectivity index (χ0) is 4.85. The van der Waals surface area contributed by atoms with E-state index in [2.05, 4.69) is 0 Å². The molecule has 2 aliphatic rings. The molecule has 38 valence electrons. The number of hydrogen-bond donors (Lipinski definition) is 0. The van der Waals surface area contributed by atoms with E-state index in [0.29, 0.717) is 11.7 Å². The summed E-state index contributed by atoms with van der Waals surface area (Å²) in [6, 6.07) is 0. The minimum Gasteiger partial charge on any atom is -0.299 e. The van der Waals surface area contributed by atoms with Crippen LogP contribution >= 0.6 is 0 Å². The average molecular weight is 96.1 g/mol. The maximum Gasteiger partial charge on any atom is 0.136 e. The van der Waals surface area contributed by atoms with E-state index < -0.39 is 0 Å². The average Bonchev–Trinajstić information content (AvgIpc) is 1.59. The second kappa shape index (κ2) is 0.908. The maximum atomic E-state index is 10.5. The molecule has 7 heavy (non-hydrogen) atoms. The molecular weight excluding hydrogens is 88.1 g/mol. The third kappa shape index (κ3) is 0.275. The third-order valence-corrected chi connectivity index (χ3v) is 2.29. The van der Waals surface area contributed by atoms with Gasteiger partial charge in [0.2, 0.25) is 0 Å². The lowest BCUT2D eigenvalue weighted by Gasteiger charge is -2.44. The predicted molar refractivity (Wildman–Crippen MR) is 25.8 cm³/mol. The van der Waals surface area contributed by atoms with Gasteiger partial charge in [-0.05, 0) is 18.8 Å². The molecule has 0 aliphatic heterocycles. The van der Waals surface area contributed by atoms with Crippen LogP contribution in [0.2, 0.25) is 0 Å². The molecule has 2 unspecified atom stereocenters. The summed E-state index contributed by atoms with van der Waals surface area (Å²) >= 11 is 0. The molecule has 0 aromatic carbocycles. The van der Waals surface area contributed by atoms with Crippen LogP contribution < -0.4 is 0 Å². The van der Waals surface area contributed by atoms with Gasteiger partial charge in [-0.3, -0.25) is 4.79 Å². The van der Waals surface area contributed by atoms with E-state index in [1.165, 1.54) is 12.8 Å². The summed E-state index contributed by atoms with van der Waals surface area (Å²) in [7, 11) is 0. The van der Waals surface area contributed by atoms with Crippen LogP contribution in [0.3, 0.4) is 0 Å². The fourth-order valence-corrected chi connectivity index (χ4v) is 1.49. The fraction of sp³-hybridized carbons (Fsp3) is 0.833. The number of hydrogen-bond acceptors (Lipinski definition) is 1. The summed E-state index contributed by atoms with van der Waals surface area (Å²) in [5.74, 6) is 1.91. The minimum absolute atomic E-state index is 0.524. The topological polar surface area (TPSA) is 17.1 Å². The van der Waals surface area contributed by atoms with Crippen LogP contribution in [-0.2, 0) is 4.79 Å². The molecule has 1 nitrogen and oxygen atoms in total. The Bertz CT molecular complexity index is 117. The maximum absolute atomic E-state index is 10.5. The van der Waals surface area contributed by atoms with Gasteiger partial charge in [-0.15, -0.1) is 0 Å². The molecule has 2 atom stereocenters. The van der Waals surface area contributed by atoms with Gasteiger partial charge >= 0.3 is 0 Å². The first kappa shape index (κ1) is 3.65. The number of rotatable bonds is 0. The lowest BCUT2D eigenvalue weighted by atomic mass is 9.59. The van der Waals surface area contributed by atoms with Crippen LogP contribution in [0, 0.1) is 11.8 Å². The van der Waals surface area contributed by atoms with Crippen molar-refractivity contribution in [1.82, 2.24) is 0 Å². The number of fused-ring (bicyclic) bond motifs is 1. The van der Waals surface area contributed by atoms with Crippen LogP contribution in [0.1, 0.15) is 19.3 Å². The first-order valence-electron chi connectivity index (χ1n) is 2.90. The first-order chi connectivity index (χ1) is 3.38. The molecule has 0 heterocycles. The van der Waals surface area contributed by atoms with Crippen LogP contribution in [0.25, 0.3) is 0 Å². The van der Waals surface area contributed by atoms with Crippen molar-refractivity contribution in [3.63, 3.8) is 0 Å². The van der Waals surface area contributed by atoms with E-state index in [-0.39, 0.29) is 0 Å². The summed E-state index contributed by atoms with van der Waals surface area (Å²) in [5, 5.41) is 0. The summed E-state index contributed by atoms with van der Waals surface area (Å²) in [6.07, 6.45) is 3.44. The van der Waals surface area contributed by atoms with Crippen LogP contribution in [-0.4, -0.2) is 5.78 Å². The molecule has 2 saturated carbocycles. The zero-order valence-electron chi connectivity index (χ0n) is 4.18. The van der Waals surface area contributed by atoms with Crippen molar-refractivity contribution in [2.75, 3.05) is 0 Å². The summed E-state index contributed by atoms with van der Waals surface area (Å²) in [6.45, 7) is 0.